The lowest BCUT2D eigenvalue weighted by Gasteiger charge is -2.68. The molecule has 0 amide bonds. The lowest BCUT2D eigenvalue weighted by molar-refractivity contribution is -0.268. The molecule has 1 saturated heterocycles. The van der Waals surface area contributed by atoms with Gasteiger partial charge in [0.25, 0.3) is 0 Å². The number of ether oxygens (including phenoxy) is 3. The second-order valence-electron chi connectivity index (χ2n) is 11.3. The Labute approximate surface area is 190 Å². The molecule has 4 saturated carbocycles. The highest BCUT2D eigenvalue weighted by Gasteiger charge is 2.83. The van der Waals surface area contributed by atoms with Crippen LogP contribution in [0.4, 0.5) is 0 Å². The van der Waals surface area contributed by atoms with Gasteiger partial charge in [0.05, 0.1) is 12.2 Å². The predicted molar refractivity (Wildman–Crippen MR) is 116 cm³/mol. The molecule has 11 atom stereocenters. The van der Waals surface area contributed by atoms with Crippen molar-refractivity contribution >= 4 is 11.9 Å². The van der Waals surface area contributed by atoms with Gasteiger partial charge < -0.3 is 24.6 Å². The molecule has 1 spiro atoms. The number of esters is 2. The van der Waals surface area contributed by atoms with Gasteiger partial charge in [0.1, 0.15) is 12.2 Å². The van der Waals surface area contributed by atoms with Crippen LogP contribution < -0.4 is 5.32 Å². The molecule has 5 fully saturated rings. The van der Waals surface area contributed by atoms with E-state index in [4.69, 9.17) is 14.2 Å². The molecule has 5 aliphatic rings. The third kappa shape index (κ3) is 2.59. The van der Waals surface area contributed by atoms with Crippen molar-refractivity contribution in [3.8, 4) is 0 Å². The minimum absolute atomic E-state index is 0.0370. The van der Waals surface area contributed by atoms with Crippen molar-refractivity contribution in [1.29, 1.82) is 0 Å². The molecular weight excluding hydrogens is 410 g/mol. The maximum atomic E-state index is 12.4. The summed E-state index contributed by atoms with van der Waals surface area (Å²) in [4.78, 5) is 24.5. The molecule has 5 bridgehead atoms. The molecule has 2 unspecified atom stereocenters. The number of nitrogens with one attached hydrogen (secondary N) is 1. The molecule has 178 valence electrons. The first-order valence-corrected chi connectivity index (χ1v) is 12.1. The van der Waals surface area contributed by atoms with E-state index in [1.165, 1.54) is 13.8 Å². The van der Waals surface area contributed by atoms with Gasteiger partial charge in [0.15, 0.2) is 0 Å². The molecule has 2 N–H and O–H groups in total. The Balaban J connectivity index is 1.77. The topological polar surface area (TPSA) is 94.1 Å². The Morgan fingerprint density at radius 3 is 2.53 bits per heavy atom. The van der Waals surface area contributed by atoms with E-state index in [-0.39, 0.29) is 64.9 Å². The van der Waals surface area contributed by atoms with Gasteiger partial charge in [-0.3, -0.25) is 9.59 Å². The van der Waals surface area contributed by atoms with Crippen LogP contribution in [0.25, 0.3) is 0 Å². The molecule has 7 heteroatoms. The quantitative estimate of drug-likeness (QED) is 0.493. The van der Waals surface area contributed by atoms with E-state index in [1.54, 1.807) is 7.11 Å². The summed E-state index contributed by atoms with van der Waals surface area (Å²) >= 11 is 0. The molecule has 0 aromatic heterocycles. The smallest absolute Gasteiger partial charge is 0.303 e. The zero-order chi connectivity index (χ0) is 23.1. The fraction of sp³-hybridized carbons (Fsp3) is 0.840. The summed E-state index contributed by atoms with van der Waals surface area (Å²) in [7, 11) is 1.72. The second-order valence-corrected chi connectivity index (χ2v) is 11.3. The summed E-state index contributed by atoms with van der Waals surface area (Å²) in [6, 6.07) is 0.0607. The number of aliphatic hydroxyl groups is 1. The number of fused-ring (bicyclic) bond motifs is 1. The van der Waals surface area contributed by atoms with Crippen LogP contribution >= 0.6 is 0 Å². The number of hydrogen-bond donors (Lipinski definition) is 2. The van der Waals surface area contributed by atoms with Gasteiger partial charge in [-0.15, -0.1) is 6.58 Å². The Morgan fingerprint density at radius 1 is 1.19 bits per heavy atom. The highest BCUT2D eigenvalue weighted by atomic mass is 16.6. The minimum atomic E-state index is -0.455. The molecule has 0 aromatic carbocycles. The number of hydrogen-bond acceptors (Lipinski definition) is 7. The minimum Gasteiger partial charge on any atom is -0.462 e. The van der Waals surface area contributed by atoms with Crippen molar-refractivity contribution < 1.29 is 28.9 Å². The maximum absolute atomic E-state index is 12.4. The summed E-state index contributed by atoms with van der Waals surface area (Å²) in [5, 5.41) is 15.0. The Kier molecular flexibility index (Phi) is 5.08. The van der Waals surface area contributed by atoms with Crippen molar-refractivity contribution in [2.45, 2.75) is 83.3 Å². The molecular formula is C25H37NO6. The van der Waals surface area contributed by atoms with Crippen molar-refractivity contribution in [3.05, 3.63) is 12.7 Å². The van der Waals surface area contributed by atoms with E-state index >= 15 is 0 Å². The average molecular weight is 448 g/mol. The molecule has 32 heavy (non-hydrogen) atoms. The van der Waals surface area contributed by atoms with Gasteiger partial charge in [-0.25, -0.2) is 0 Å². The van der Waals surface area contributed by atoms with E-state index in [0.717, 1.165) is 19.4 Å². The van der Waals surface area contributed by atoms with Crippen molar-refractivity contribution in [3.63, 3.8) is 0 Å². The molecule has 1 heterocycles. The van der Waals surface area contributed by atoms with Crippen LogP contribution in [-0.4, -0.2) is 61.2 Å². The number of carbonyl (C=O) groups is 2. The summed E-state index contributed by atoms with van der Waals surface area (Å²) in [5.74, 6) is -0.275. The highest BCUT2D eigenvalue weighted by Crippen LogP contribution is 2.79. The lowest BCUT2D eigenvalue weighted by Crippen LogP contribution is -2.73. The predicted octanol–water partition coefficient (Wildman–Crippen LogP) is 2.22. The van der Waals surface area contributed by atoms with Crippen LogP contribution in [-0.2, 0) is 23.8 Å². The van der Waals surface area contributed by atoms with Gasteiger partial charge in [-0.2, -0.15) is 0 Å². The van der Waals surface area contributed by atoms with Crippen LogP contribution in [0.1, 0.15) is 52.9 Å². The maximum Gasteiger partial charge on any atom is 0.303 e. The van der Waals surface area contributed by atoms with Crippen LogP contribution in [0.5, 0.6) is 0 Å². The number of methoxy groups -OCH3 is 1. The molecule has 0 aromatic rings. The summed E-state index contributed by atoms with van der Waals surface area (Å²) < 4.78 is 18.3. The van der Waals surface area contributed by atoms with E-state index in [9.17, 15) is 14.7 Å². The zero-order valence-electron chi connectivity index (χ0n) is 19.6. The average Bonchev–Trinajstić information content (AvgIpc) is 2.77. The van der Waals surface area contributed by atoms with Gasteiger partial charge in [-0.1, -0.05) is 13.0 Å². The molecule has 1 aliphatic heterocycles. The Morgan fingerprint density at radius 2 is 1.91 bits per heavy atom. The molecule has 5 rings (SSSR count). The van der Waals surface area contributed by atoms with Crippen molar-refractivity contribution in [2.24, 2.45) is 34.0 Å². The fourth-order valence-corrected chi connectivity index (χ4v) is 9.82. The SMILES string of the molecule is C=CC[C@]12C3C4NC[C@]5(C)C[C@H](O)C[C@@]4([C@@H]1CC[C@@H]3OC(C)=O)[C@@H]5[C@H](OC)[C@H]2OC(C)=O. The van der Waals surface area contributed by atoms with E-state index < -0.39 is 11.5 Å². The van der Waals surface area contributed by atoms with Crippen molar-refractivity contribution in [2.75, 3.05) is 13.7 Å². The highest BCUT2D eigenvalue weighted by molar-refractivity contribution is 5.67. The Bertz CT molecular complexity index is 831. The van der Waals surface area contributed by atoms with E-state index in [2.05, 4.69) is 18.8 Å². The first-order valence-electron chi connectivity index (χ1n) is 12.1. The summed E-state index contributed by atoms with van der Waals surface area (Å²) in [5.41, 5.74) is -0.838. The van der Waals surface area contributed by atoms with Gasteiger partial charge in [0, 0.05) is 50.8 Å². The fourth-order valence-electron chi connectivity index (χ4n) is 9.82. The van der Waals surface area contributed by atoms with Crippen LogP contribution in [0.2, 0.25) is 0 Å². The van der Waals surface area contributed by atoms with Crippen LogP contribution in [0.15, 0.2) is 12.7 Å². The lowest BCUT2D eigenvalue weighted by atomic mass is 9.40. The summed E-state index contributed by atoms with van der Waals surface area (Å²) in [6.45, 7) is 10.0. The first-order chi connectivity index (χ1) is 15.2. The van der Waals surface area contributed by atoms with E-state index in [1.807, 2.05) is 6.08 Å². The normalized spacial score (nSPS) is 52.8. The first kappa shape index (κ1) is 22.4. The molecule has 4 aliphatic carbocycles. The van der Waals surface area contributed by atoms with Gasteiger partial charge in [-0.05, 0) is 48.9 Å². The zero-order valence-corrected chi connectivity index (χ0v) is 19.6. The third-order valence-electron chi connectivity index (χ3n) is 9.88. The third-order valence-corrected chi connectivity index (χ3v) is 9.88. The molecule has 7 nitrogen and oxygen atoms in total. The van der Waals surface area contributed by atoms with E-state index in [0.29, 0.717) is 19.3 Å². The largest absolute Gasteiger partial charge is 0.462 e. The number of piperidine rings is 1. The number of allylic oxidation sites excluding steroid dienone is 1. The number of aliphatic hydroxyl groups excluding tert-OH is 1. The molecule has 0 radical (unpaired) electrons. The van der Waals surface area contributed by atoms with Crippen molar-refractivity contribution in [1.82, 2.24) is 5.32 Å². The standard InChI is InChI=1S/C25H37NO6/c1-6-9-24-17-8-7-16(31-13(2)27)18(24)21-25(17)11-15(29)10-23(4,12-26-21)20(25)19(30-5)22(24)32-14(3)28/h6,15-22,26,29H,1,7-12H2,2-5H3/t15-,16-,17+,18?,19-,20+,21?,22+,23-,24+,25+/m0/s1. The van der Waals surface area contributed by atoms with Crippen LogP contribution in [0, 0.1) is 34.0 Å². The second kappa shape index (κ2) is 7.28. The van der Waals surface area contributed by atoms with Gasteiger partial charge >= 0.3 is 11.9 Å². The monoisotopic (exact) mass is 447 g/mol. The Hall–Kier alpha value is -1.44. The van der Waals surface area contributed by atoms with Gasteiger partial charge in [0.2, 0.25) is 0 Å². The van der Waals surface area contributed by atoms with Crippen LogP contribution in [0.3, 0.4) is 0 Å². The number of carbonyl (C=O) groups excluding carboxylic acids is 2. The number of rotatable bonds is 5. The summed E-state index contributed by atoms with van der Waals surface area (Å²) in [6.07, 6.45) is 4.26.